The lowest BCUT2D eigenvalue weighted by Crippen LogP contribution is -2.14. The first-order chi connectivity index (χ1) is 9.13. The largest absolute Gasteiger partial charge is 0.363 e. The highest BCUT2D eigenvalue weighted by Crippen LogP contribution is 2.24. The van der Waals surface area contributed by atoms with E-state index in [1.807, 2.05) is 19.1 Å². The Labute approximate surface area is 113 Å². The number of aromatic nitrogens is 2. The van der Waals surface area contributed by atoms with E-state index in [4.69, 9.17) is 5.84 Å². The summed E-state index contributed by atoms with van der Waals surface area (Å²) in [6.07, 6.45) is 1.50. The third-order valence-electron chi connectivity index (χ3n) is 3.23. The van der Waals surface area contributed by atoms with Crippen molar-refractivity contribution in [1.29, 1.82) is 0 Å². The molecule has 1 atom stereocenters. The number of anilines is 2. The van der Waals surface area contributed by atoms with Gasteiger partial charge in [0.1, 0.15) is 18.0 Å². The van der Waals surface area contributed by atoms with Gasteiger partial charge in [-0.1, -0.05) is 24.3 Å². The van der Waals surface area contributed by atoms with E-state index in [0.29, 0.717) is 5.82 Å². The van der Waals surface area contributed by atoms with Gasteiger partial charge in [-0.15, -0.1) is 0 Å². The minimum Gasteiger partial charge on any atom is -0.363 e. The molecule has 1 unspecified atom stereocenters. The number of benzene rings is 1. The number of hydrogen-bond donors (Lipinski definition) is 3. The Bertz CT molecular complexity index is 568. The van der Waals surface area contributed by atoms with Gasteiger partial charge in [0.25, 0.3) is 0 Å². The molecule has 2 aromatic rings. The molecule has 0 fully saturated rings. The van der Waals surface area contributed by atoms with E-state index < -0.39 is 0 Å². The molecule has 5 heteroatoms. The van der Waals surface area contributed by atoms with Crippen molar-refractivity contribution in [2.45, 2.75) is 26.8 Å². The summed E-state index contributed by atoms with van der Waals surface area (Å²) in [6.45, 7) is 6.15. The maximum absolute atomic E-state index is 5.42. The first-order valence-corrected chi connectivity index (χ1v) is 6.23. The Hall–Kier alpha value is -2.14. The fraction of sp³-hybridized carbons (Fsp3) is 0.286. The van der Waals surface area contributed by atoms with E-state index in [9.17, 15) is 0 Å². The van der Waals surface area contributed by atoms with Crippen LogP contribution in [0.5, 0.6) is 0 Å². The van der Waals surface area contributed by atoms with Crippen LogP contribution in [0.1, 0.15) is 29.7 Å². The lowest BCUT2D eigenvalue weighted by molar-refractivity contribution is 0.859. The molecule has 0 saturated heterocycles. The SMILES string of the molecule is Cc1ccccc1C(C)Nc1ncnc(NN)c1C. The van der Waals surface area contributed by atoms with Crippen molar-refractivity contribution in [3.63, 3.8) is 0 Å². The molecule has 0 saturated carbocycles. The third-order valence-corrected chi connectivity index (χ3v) is 3.23. The van der Waals surface area contributed by atoms with Gasteiger partial charge >= 0.3 is 0 Å². The number of hydrazine groups is 1. The molecule has 1 aromatic carbocycles. The topological polar surface area (TPSA) is 75.9 Å². The maximum atomic E-state index is 5.42. The number of rotatable bonds is 4. The Morgan fingerprint density at radius 2 is 1.79 bits per heavy atom. The second-order valence-corrected chi connectivity index (χ2v) is 4.56. The van der Waals surface area contributed by atoms with Crippen LogP contribution in [0.3, 0.4) is 0 Å². The van der Waals surface area contributed by atoms with E-state index in [2.05, 4.69) is 46.7 Å². The molecule has 0 bridgehead atoms. The second-order valence-electron chi connectivity index (χ2n) is 4.56. The molecule has 5 nitrogen and oxygen atoms in total. The standard InChI is InChI=1S/C14H19N5/c1-9-6-4-5-7-12(9)11(3)18-13-10(2)14(19-15)17-8-16-13/h4-8,11H,15H2,1-3H3,(H2,16,17,18,19). The zero-order valence-corrected chi connectivity index (χ0v) is 11.4. The van der Waals surface area contributed by atoms with Gasteiger partial charge in [-0.05, 0) is 31.9 Å². The van der Waals surface area contributed by atoms with Gasteiger partial charge in [0.2, 0.25) is 0 Å². The average molecular weight is 257 g/mol. The molecule has 0 aliphatic carbocycles. The number of aryl methyl sites for hydroxylation is 1. The molecule has 0 amide bonds. The smallest absolute Gasteiger partial charge is 0.148 e. The van der Waals surface area contributed by atoms with E-state index in [1.165, 1.54) is 17.5 Å². The quantitative estimate of drug-likeness (QED) is 0.579. The number of nitrogens with zero attached hydrogens (tertiary/aromatic N) is 2. The summed E-state index contributed by atoms with van der Waals surface area (Å²) in [4.78, 5) is 8.33. The highest BCUT2D eigenvalue weighted by Gasteiger charge is 2.11. The van der Waals surface area contributed by atoms with Crippen LogP contribution >= 0.6 is 0 Å². The molecule has 2 rings (SSSR count). The molecule has 0 aliphatic rings. The average Bonchev–Trinajstić information content (AvgIpc) is 2.41. The number of nitrogens with one attached hydrogen (secondary N) is 2. The maximum Gasteiger partial charge on any atom is 0.148 e. The van der Waals surface area contributed by atoms with Crippen LogP contribution in [0, 0.1) is 13.8 Å². The molecular weight excluding hydrogens is 238 g/mol. The van der Waals surface area contributed by atoms with Gasteiger partial charge in [-0.25, -0.2) is 15.8 Å². The van der Waals surface area contributed by atoms with Gasteiger partial charge in [0.15, 0.2) is 0 Å². The molecule has 19 heavy (non-hydrogen) atoms. The van der Waals surface area contributed by atoms with Gasteiger partial charge in [-0.2, -0.15) is 0 Å². The molecule has 1 heterocycles. The Morgan fingerprint density at radius 3 is 2.47 bits per heavy atom. The summed E-state index contributed by atoms with van der Waals surface area (Å²) < 4.78 is 0. The highest BCUT2D eigenvalue weighted by molar-refractivity contribution is 5.56. The molecule has 0 spiro atoms. The van der Waals surface area contributed by atoms with Crippen molar-refractivity contribution >= 4 is 11.6 Å². The van der Waals surface area contributed by atoms with Gasteiger partial charge < -0.3 is 10.7 Å². The molecule has 0 radical (unpaired) electrons. The lowest BCUT2D eigenvalue weighted by atomic mass is 10.0. The first kappa shape index (κ1) is 13.3. The molecular formula is C14H19N5. The van der Waals surface area contributed by atoms with Crippen LogP contribution in [0.15, 0.2) is 30.6 Å². The zero-order valence-electron chi connectivity index (χ0n) is 11.4. The monoisotopic (exact) mass is 257 g/mol. The normalized spacial score (nSPS) is 12.0. The lowest BCUT2D eigenvalue weighted by Gasteiger charge is -2.19. The second kappa shape index (κ2) is 5.67. The number of nitrogens with two attached hydrogens (primary N) is 1. The van der Waals surface area contributed by atoms with Crippen molar-refractivity contribution < 1.29 is 0 Å². The van der Waals surface area contributed by atoms with Gasteiger partial charge in [-0.3, -0.25) is 0 Å². The van der Waals surface area contributed by atoms with Crippen LogP contribution in [0.25, 0.3) is 0 Å². The summed E-state index contributed by atoms with van der Waals surface area (Å²) in [5.41, 5.74) is 5.99. The van der Waals surface area contributed by atoms with E-state index in [-0.39, 0.29) is 6.04 Å². The molecule has 4 N–H and O–H groups in total. The van der Waals surface area contributed by atoms with Crippen LogP contribution in [0.4, 0.5) is 11.6 Å². The van der Waals surface area contributed by atoms with Crippen molar-refractivity contribution in [3.05, 3.63) is 47.3 Å². The van der Waals surface area contributed by atoms with Crippen LogP contribution in [0.2, 0.25) is 0 Å². The predicted octanol–water partition coefficient (Wildman–Crippen LogP) is 2.55. The van der Waals surface area contributed by atoms with Gasteiger partial charge in [0.05, 0.1) is 6.04 Å². The van der Waals surface area contributed by atoms with Crippen LogP contribution in [-0.4, -0.2) is 9.97 Å². The predicted molar refractivity (Wildman–Crippen MR) is 77.8 cm³/mol. The minimum absolute atomic E-state index is 0.167. The molecule has 0 aliphatic heterocycles. The van der Waals surface area contributed by atoms with E-state index in [1.54, 1.807) is 0 Å². The van der Waals surface area contributed by atoms with Crippen molar-refractivity contribution in [2.24, 2.45) is 5.84 Å². The Balaban J connectivity index is 2.24. The fourth-order valence-corrected chi connectivity index (χ4v) is 2.10. The van der Waals surface area contributed by atoms with Crippen molar-refractivity contribution in [1.82, 2.24) is 9.97 Å². The van der Waals surface area contributed by atoms with Gasteiger partial charge in [0, 0.05) is 5.56 Å². The summed E-state index contributed by atoms with van der Waals surface area (Å²) in [6, 6.07) is 8.47. The summed E-state index contributed by atoms with van der Waals surface area (Å²) in [7, 11) is 0. The summed E-state index contributed by atoms with van der Waals surface area (Å²) in [5, 5.41) is 3.40. The zero-order chi connectivity index (χ0) is 13.8. The van der Waals surface area contributed by atoms with Crippen LogP contribution in [-0.2, 0) is 0 Å². The highest BCUT2D eigenvalue weighted by atomic mass is 15.3. The van der Waals surface area contributed by atoms with E-state index >= 15 is 0 Å². The summed E-state index contributed by atoms with van der Waals surface area (Å²) in [5.74, 6) is 6.84. The van der Waals surface area contributed by atoms with Crippen molar-refractivity contribution in [3.8, 4) is 0 Å². The van der Waals surface area contributed by atoms with Crippen LogP contribution < -0.4 is 16.6 Å². The van der Waals surface area contributed by atoms with Crippen molar-refractivity contribution in [2.75, 3.05) is 10.7 Å². The third kappa shape index (κ3) is 2.82. The molecule has 1 aromatic heterocycles. The number of hydrogen-bond acceptors (Lipinski definition) is 5. The fourth-order valence-electron chi connectivity index (χ4n) is 2.10. The Morgan fingerprint density at radius 1 is 1.11 bits per heavy atom. The molecule has 100 valence electrons. The summed E-state index contributed by atoms with van der Waals surface area (Å²) >= 11 is 0. The van der Waals surface area contributed by atoms with E-state index in [0.717, 1.165) is 11.4 Å². The first-order valence-electron chi connectivity index (χ1n) is 6.23. The minimum atomic E-state index is 0.167. The number of nitrogen functional groups attached to an aromatic ring is 1. The Kier molecular flexibility index (Phi) is 3.97.